The average molecular weight is 398 g/mol. The molecule has 0 radical (unpaired) electrons. The number of hydrogen-bond donors (Lipinski definition) is 1. The Morgan fingerprint density at radius 1 is 1.17 bits per heavy atom. The summed E-state index contributed by atoms with van der Waals surface area (Å²) in [7, 11) is 1.33. The van der Waals surface area contributed by atoms with Crippen LogP contribution < -0.4 is 10.1 Å². The molecule has 0 aliphatic rings. The first-order valence-corrected chi connectivity index (χ1v) is 8.87. The van der Waals surface area contributed by atoms with Gasteiger partial charge >= 0.3 is 5.97 Å². The molecule has 1 N–H and O–H groups in total. The van der Waals surface area contributed by atoms with Gasteiger partial charge in [-0.1, -0.05) is 38.1 Å². The fraction of sp³-hybridized carbons (Fsp3) is 0.238. The number of esters is 1. The zero-order valence-electron chi connectivity index (χ0n) is 16.4. The summed E-state index contributed by atoms with van der Waals surface area (Å²) < 4.78 is 9.94. The summed E-state index contributed by atoms with van der Waals surface area (Å²) in [6.45, 7) is 3.69. The molecule has 2 aromatic rings. The normalized spacial score (nSPS) is 10.8. The number of benzene rings is 2. The molecule has 0 fully saturated rings. The number of carbonyl (C=O) groups excluding carboxylic acids is 2. The van der Waals surface area contributed by atoms with E-state index in [1.54, 1.807) is 6.08 Å². The zero-order chi connectivity index (χ0) is 21.4. The molecule has 0 unspecified atom stereocenters. The minimum atomic E-state index is -0.663. The van der Waals surface area contributed by atoms with E-state index in [1.165, 1.54) is 36.9 Å². The third-order valence-corrected chi connectivity index (χ3v) is 4.03. The molecule has 0 saturated carbocycles. The van der Waals surface area contributed by atoms with Crippen LogP contribution in [0.25, 0.3) is 6.08 Å². The molecule has 1 amide bonds. The first-order valence-electron chi connectivity index (χ1n) is 8.87. The van der Waals surface area contributed by atoms with Crippen LogP contribution in [0.3, 0.4) is 0 Å². The lowest BCUT2D eigenvalue weighted by Crippen LogP contribution is -2.20. The largest absolute Gasteiger partial charge is 0.494 e. The predicted molar refractivity (Wildman–Crippen MR) is 109 cm³/mol. The van der Waals surface area contributed by atoms with Crippen molar-refractivity contribution >= 4 is 29.3 Å². The van der Waals surface area contributed by atoms with Gasteiger partial charge in [-0.05, 0) is 29.2 Å². The van der Waals surface area contributed by atoms with E-state index in [2.05, 4.69) is 19.2 Å². The van der Waals surface area contributed by atoms with Crippen molar-refractivity contribution in [3.05, 3.63) is 69.8 Å². The Kier molecular flexibility index (Phi) is 7.47. The molecule has 0 aliphatic heterocycles. The Bertz CT molecular complexity index is 919. The smallest absolute Gasteiger partial charge is 0.331 e. The molecule has 8 heteroatoms. The van der Waals surface area contributed by atoms with Crippen molar-refractivity contribution in [1.82, 2.24) is 0 Å². The van der Waals surface area contributed by atoms with Crippen LogP contribution in [0.1, 0.15) is 30.9 Å². The molecule has 29 heavy (non-hydrogen) atoms. The number of hydrogen-bond acceptors (Lipinski definition) is 6. The number of rotatable bonds is 8. The molecule has 0 heterocycles. The maximum Gasteiger partial charge on any atom is 0.331 e. The molecule has 2 rings (SSSR count). The summed E-state index contributed by atoms with van der Waals surface area (Å²) in [6, 6.07) is 11.5. The van der Waals surface area contributed by atoms with Crippen molar-refractivity contribution in [2.45, 2.75) is 19.8 Å². The summed E-state index contributed by atoms with van der Waals surface area (Å²) in [5, 5.41) is 13.3. The first kappa shape index (κ1) is 21.6. The quantitative estimate of drug-likeness (QED) is 0.312. The van der Waals surface area contributed by atoms with Gasteiger partial charge in [0.1, 0.15) is 5.75 Å². The third-order valence-electron chi connectivity index (χ3n) is 4.03. The molecule has 0 aliphatic carbocycles. The van der Waals surface area contributed by atoms with Crippen molar-refractivity contribution in [1.29, 1.82) is 0 Å². The monoisotopic (exact) mass is 398 g/mol. The van der Waals surface area contributed by atoms with E-state index in [0.29, 0.717) is 5.92 Å². The number of nitro benzene ring substituents is 1. The highest BCUT2D eigenvalue weighted by Crippen LogP contribution is 2.28. The minimum absolute atomic E-state index is 0.128. The fourth-order valence-electron chi connectivity index (χ4n) is 2.42. The maximum atomic E-state index is 12.0. The van der Waals surface area contributed by atoms with Gasteiger partial charge in [0.05, 0.1) is 23.8 Å². The van der Waals surface area contributed by atoms with Crippen LogP contribution >= 0.6 is 0 Å². The van der Waals surface area contributed by atoms with Crippen molar-refractivity contribution in [3.63, 3.8) is 0 Å². The highest BCUT2D eigenvalue weighted by molar-refractivity contribution is 5.95. The fourth-order valence-corrected chi connectivity index (χ4v) is 2.42. The second-order valence-electron chi connectivity index (χ2n) is 6.45. The lowest BCUT2D eigenvalue weighted by Gasteiger charge is -2.09. The van der Waals surface area contributed by atoms with Gasteiger partial charge in [0.25, 0.3) is 11.6 Å². The number of methoxy groups -OCH3 is 1. The van der Waals surface area contributed by atoms with Crippen LogP contribution in [0.15, 0.2) is 48.5 Å². The van der Waals surface area contributed by atoms with Gasteiger partial charge in [-0.15, -0.1) is 0 Å². The van der Waals surface area contributed by atoms with E-state index in [9.17, 15) is 19.7 Å². The highest BCUT2D eigenvalue weighted by Gasteiger charge is 2.14. The van der Waals surface area contributed by atoms with E-state index in [-0.39, 0.29) is 17.1 Å². The predicted octanol–water partition coefficient (Wildman–Crippen LogP) is 3.92. The molecule has 152 valence electrons. The van der Waals surface area contributed by atoms with Crippen molar-refractivity contribution in [2.24, 2.45) is 0 Å². The minimum Gasteiger partial charge on any atom is -0.494 e. The molecule has 0 saturated heterocycles. The summed E-state index contributed by atoms with van der Waals surface area (Å²) in [6.07, 6.45) is 2.84. The molecule has 8 nitrogen and oxygen atoms in total. The second-order valence-corrected chi connectivity index (χ2v) is 6.45. The van der Waals surface area contributed by atoms with Gasteiger partial charge in [-0.2, -0.15) is 0 Å². The van der Waals surface area contributed by atoms with E-state index < -0.39 is 23.4 Å². The SMILES string of the molecule is COc1cc([N+](=O)[O-])ccc1NC(=O)COC(=O)C=Cc1ccc(C(C)C)cc1. The third kappa shape index (κ3) is 6.46. The number of ether oxygens (including phenoxy) is 2. The Hall–Kier alpha value is -3.68. The van der Waals surface area contributed by atoms with Crippen LogP contribution in [-0.2, 0) is 14.3 Å². The van der Waals surface area contributed by atoms with Crippen molar-refractivity contribution in [3.8, 4) is 5.75 Å². The molecule has 0 atom stereocenters. The Morgan fingerprint density at radius 3 is 2.45 bits per heavy atom. The number of nitro groups is 1. The Balaban J connectivity index is 1.88. The van der Waals surface area contributed by atoms with E-state index in [1.807, 2.05) is 24.3 Å². The van der Waals surface area contributed by atoms with Gasteiger partial charge < -0.3 is 14.8 Å². The molecular formula is C21H22N2O6. The number of carbonyl (C=O) groups is 2. The molecular weight excluding hydrogens is 376 g/mol. The van der Waals surface area contributed by atoms with Gasteiger partial charge in [0, 0.05) is 12.1 Å². The van der Waals surface area contributed by atoms with Crippen LogP contribution in [-0.4, -0.2) is 30.5 Å². The van der Waals surface area contributed by atoms with Crippen molar-refractivity contribution < 1.29 is 24.0 Å². The number of nitrogens with one attached hydrogen (secondary N) is 1. The van der Waals surface area contributed by atoms with Gasteiger partial charge in [0.2, 0.25) is 0 Å². The van der Waals surface area contributed by atoms with Crippen LogP contribution in [0.2, 0.25) is 0 Å². The van der Waals surface area contributed by atoms with E-state index >= 15 is 0 Å². The van der Waals surface area contributed by atoms with E-state index in [4.69, 9.17) is 9.47 Å². The molecule has 0 bridgehead atoms. The summed E-state index contributed by atoms with van der Waals surface area (Å²) in [4.78, 5) is 34.0. The number of amides is 1. The lowest BCUT2D eigenvalue weighted by molar-refractivity contribution is -0.384. The first-order chi connectivity index (χ1) is 13.8. The van der Waals surface area contributed by atoms with Crippen LogP contribution in [0.4, 0.5) is 11.4 Å². The Morgan fingerprint density at radius 2 is 1.86 bits per heavy atom. The van der Waals surface area contributed by atoms with Crippen LogP contribution in [0, 0.1) is 10.1 Å². The average Bonchev–Trinajstić information content (AvgIpc) is 2.71. The number of anilines is 1. The summed E-state index contributed by atoms with van der Waals surface area (Å²) in [5.41, 5.74) is 2.10. The highest BCUT2D eigenvalue weighted by atomic mass is 16.6. The van der Waals surface area contributed by atoms with Crippen molar-refractivity contribution in [2.75, 3.05) is 19.0 Å². The zero-order valence-corrected chi connectivity index (χ0v) is 16.4. The van der Waals surface area contributed by atoms with Crippen LogP contribution in [0.5, 0.6) is 5.75 Å². The number of non-ortho nitro benzene ring substituents is 1. The number of nitrogens with zero attached hydrogens (tertiary/aromatic N) is 1. The molecule has 0 spiro atoms. The van der Waals surface area contributed by atoms with Gasteiger partial charge in [-0.25, -0.2) is 4.79 Å². The lowest BCUT2D eigenvalue weighted by atomic mass is 10.0. The topological polar surface area (TPSA) is 108 Å². The summed E-state index contributed by atoms with van der Waals surface area (Å²) in [5.74, 6) is -0.710. The molecule has 2 aromatic carbocycles. The Labute approximate surface area is 168 Å². The van der Waals surface area contributed by atoms with E-state index in [0.717, 1.165) is 5.56 Å². The second kappa shape index (κ2) is 10.0. The van der Waals surface area contributed by atoms with Gasteiger partial charge in [-0.3, -0.25) is 14.9 Å². The maximum absolute atomic E-state index is 12.0. The molecule has 0 aromatic heterocycles. The summed E-state index contributed by atoms with van der Waals surface area (Å²) >= 11 is 0. The van der Waals surface area contributed by atoms with Gasteiger partial charge in [0.15, 0.2) is 6.61 Å². The standard InChI is InChI=1S/C21H22N2O6/c1-14(2)16-7-4-15(5-8-16)6-11-21(25)29-13-20(24)22-18-10-9-17(23(26)27)12-19(18)28-3/h4-12,14H,13H2,1-3H3,(H,22,24).